The van der Waals surface area contributed by atoms with Crippen molar-refractivity contribution in [1.29, 1.82) is 0 Å². The molecule has 4 atom stereocenters. The third kappa shape index (κ3) is 9.41. The second-order valence-corrected chi connectivity index (χ2v) is 7.99. The van der Waals surface area contributed by atoms with Crippen molar-refractivity contribution in [2.45, 2.75) is 103 Å². The Morgan fingerprint density at radius 3 is 2.52 bits per heavy atom. The van der Waals surface area contributed by atoms with Gasteiger partial charge in [0.15, 0.2) is 0 Å². The minimum Gasteiger partial charge on any atom is -0.481 e. The van der Waals surface area contributed by atoms with E-state index >= 15 is 0 Å². The highest BCUT2D eigenvalue weighted by atomic mass is 16.4. The van der Waals surface area contributed by atoms with Crippen LogP contribution in [0.4, 0.5) is 0 Å². The molecule has 0 aromatic carbocycles. The summed E-state index contributed by atoms with van der Waals surface area (Å²) >= 11 is 0. The lowest BCUT2D eigenvalue weighted by Gasteiger charge is -2.23. The Kier molecular flexibility index (Phi) is 10.4. The minimum atomic E-state index is -0.746. The molecule has 1 rings (SSSR count). The third-order valence-corrected chi connectivity index (χ3v) is 5.51. The second kappa shape index (κ2) is 11.7. The Bertz CT molecular complexity index is 403. The van der Waals surface area contributed by atoms with Gasteiger partial charge in [0.05, 0.1) is 11.7 Å². The van der Waals surface area contributed by atoms with Crippen LogP contribution in [0.3, 0.4) is 0 Å². The molecule has 25 heavy (non-hydrogen) atoms. The quantitative estimate of drug-likeness (QED) is 0.331. The monoisotopic (exact) mass is 354 g/mol. The molecule has 0 saturated heterocycles. The summed E-state index contributed by atoms with van der Waals surface area (Å²) in [5.41, 5.74) is -0.746. The summed E-state index contributed by atoms with van der Waals surface area (Å²) in [7, 11) is 0. The molecule has 3 N–H and O–H groups in total. The fourth-order valence-corrected chi connectivity index (χ4v) is 3.88. The first kappa shape index (κ1) is 22.2. The number of carboxylic acids is 1. The fraction of sp³-hybridized carbons (Fsp3) is 0.857. The van der Waals surface area contributed by atoms with Crippen LogP contribution >= 0.6 is 0 Å². The van der Waals surface area contributed by atoms with Crippen molar-refractivity contribution in [3.05, 3.63) is 12.2 Å². The van der Waals surface area contributed by atoms with Gasteiger partial charge in [0, 0.05) is 6.42 Å². The molecule has 0 radical (unpaired) electrons. The number of allylic oxidation sites excluding steroid dienone is 1. The van der Waals surface area contributed by atoms with Gasteiger partial charge in [-0.15, -0.1) is 0 Å². The van der Waals surface area contributed by atoms with E-state index in [1.165, 1.54) is 0 Å². The van der Waals surface area contributed by atoms with Crippen LogP contribution in [0.1, 0.15) is 90.9 Å². The lowest BCUT2D eigenvalue weighted by Crippen LogP contribution is -2.22. The lowest BCUT2D eigenvalue weighted by molar-refractivity contribution is -0.137. The Hall–Kier alpha value is -0.870. The summed E-state index contributed by atoms with van der Waals surface area (Å²) in [5.74, 6) is -0.0868. The maximum atomic E-state index is 10.5. The molecule has 0 spiro atoms. The van der Waals surface area contributed by atoms with Crippen molar-refractivity contribution in [2.75, 3.05) is 0 Å². The van der Waals surface area contributed by atoms with Gasteiger partial charge < -0.3 is 15.3 Å². The van der Waals surface area contributed by atoms with E-state index in [4.69, 9.17) is 5.11 Å². The first-order chi connectivity index (χ1) is 11.9. The predicted molar refractivity (Wildman–Crippen MR) is 101 cm³/mol. The number of hydrogen-bond donors (Lipinski definition) is 3. The molecule has 1 aliphatic carbocycles. The van der Waals surface area contributed by atoms with E-state index in [2.05, 4.69) is 13.0 Å². The zero-order chi connectivity index (χ0) is 18.7. The Balaban J connectivity index is 2.37. The molecule has 4 unspecified atom stereocenters. The number of aliphatic hydroxyl groups is 2. The van der Waals surface area contributed by atoms with E-state index < -0.39 is 11.6 Å². The summed E-state index contributed by atoms with van der Waals surface area (Å²) in [6.07, 6.45) is 14.8. The smallest absolute Gasteiger partial charge is 0.303 e. The summed E-state index contributed by atoms with van der Waals surface area (Å²) in [6, 6.07) is 0. The average molecular weight is 355 g/mol. The van der Waals surface area contributed by atoms with Gasteiger partial charge in [0.2, 0.25) is 0 Å². The Morgan fingerprint density at radius 1 is 1.12 bits per heavy atom. The summed E-state index contributed by atoms with van der Waals surface area (Å²) in [6.45, 7) is 4.04. The van der Waals surface area contributed by atoms with E-state index in [0.717, 1.165) is 70.6 Å². The van der Waals surface area contributed by atoms with Crippen LogP contribution < -0.4 is 0 Å². The first-order valence-corrected chi connectivity index (χ1v) is 10.2. The van der Waals surface area contributed by atoms with Crippen LogP contribution in [0, 0.1) is 11.8 Å². The van der Waals surface area contributed by atoms with Crippen molar-refractivity contribution in [3.8, 4) is 0 Å². The number of carbonyl (C=O) groups is 1. The second-order valence-electron chi connectivity index (χ2n) is 7.99. The largest absolute Gasteiger partial charge is 0.481 e. The molecule has 1 aliphatic rings. The molecular formula is C21H38O4. The van der Waals surface area contributed by atoms with E-state index in [1.54, 1.807) is 0 Å². The Morgan fingerprint density at radius 2 is 1.84 bits per heavy atom. The highest BCUT2D eigenvalue weighted by molar-refractivity contribution is 5.66. The number of aliphatic hydroxyl groups excluding tert-OH is 1. The van der Waals surface area contributed by atoms with Crippen molar-refractivity contribution < 1.29 is 20.1 Å². The van der Waals surface area contributed by atoms with Crippen molar-refractivity contribution in [3.63, 3.8) is 0 Å². The van der Waals surface area contributed by atoms with Crippen molar-refractivity contribution in [1.82, 2.24) is 0 Å². The molecular weight excluding hydrogens is 316 g/mol. The topological polar surface area (TPSA) is 77.8 Å². The van der Waals surface area contributed by atoms with Gasteiger partial charge in [-0.05, 0) is 50.9 Å². The zero-order valence-corrected chi connectivity index (χ0v) is 16.1. The zero-order valence-electron chi connectivity index (χ0n) is 16.1. The van der Waals surface area contributed by atoms with Gasteiger partial charge >= 0.3 is 5.97 Å². The number of aliphatic carboxylic acids is 1. The van der Waals surface area contributed by atoms with Crippen LogP contribution in [0.15, 0.2) is 12.2 Å². The van der Waals surface area contributed by atoms with Gasteiger partial charge in [0.1, 0.15) is 0 Å². The highest BCUT2D eigenvalue weighted by Gasteiger charge is 2.33. The van der Waals surface area contributed by atoms with E-state index in [-0.39, 0.29) is 18.4 Å². The van der Waals surface area contributed by atoms with Crippen molar-refractivity contribution in [2.24, 2.45) is 11.8 Å². The summed E-state index contributed by atoms with van der Waals surface area (Å²) in [4.78, 5) is 10.5. The van der Waals surface area contributed by atoms with Crippen LogP contribution in [0.25, 0.3) is 0 Å². The molecule has 4 heteroatoms. The lowest BCUT2D eigenvalue weighted by atomic mass is 9.87. The molecule has 1 fully saturated rings. The SMILES string of the molecule is CCCCCC(C)(O)C=CC1CCC(O)C1CCCCCCC(=O)O. The standard InChI is InChI=1S/C21H38O4/c1-3-4-9-15-21(2,25)16-14-17-12-13-19(22)18(17)10-7-5-6-8-11-20(23)24/h14,16-19,22,25H,3-13,15H2,1-2H3,(H,23,24). The number of carboxylic acid groups (broad SMARTS) is 1. The third-order valence-electron chi connectivity index (χ3n) is 5.51. The van der Waals surface area contributed by atoms with Crippen LogP contribution in [0.5, 0.6) is 0 Å². The van der Waals surface area contributed by atoms with Crippen LogP contribution in [0.2, 0.25) is 0 Å². The van der Waals surface area contributed by atoms with Crippen molar-refractivity contribution >= 4 is 5.97 Å². The molecule has 4 nitrogen and oxygen atoms in total. The molecule has 0 heterocycles. The normalized spacial score (nSPS) is 26.2. The molecule has 1 saturated carbocycles. The molecule has 0 aromatic heterocycles. The average Bonchev–Trinajstić information content (AvgIpc) is 2.89. The van der Waals surface area contributed by atoms with Gasteiger partial charge in [-0.1, -0.05) is 57.6 Å². The van der Waals surface area contributed by atoms with E-state index in [9.17, 15) is 15.0 Å². The van der Waals surface area contributed by atoms with Crippen LogP contribution in [-0.4, -0.2) is 33.0 Å². The molecule has 0 aliphatic heterocycles. The van der Waals surface area contributed by atoms with Gasteiger partial charge in [-0.25, -0.2) is 0 Å². The molecule has 146 valence electrons. The maximum absolute atomic E-state index is 10.5. The summed E-state index contributed by atoms with van der Waals surface area (Å²) < 4.78 is 0. The first-order valence-electron chi connectivity index (χ1n) is 10.2. The molecule has 0 amide bonds. The van der Waals surface area contributed by atoms with Gasteiger partial charge in [-0.2, -0.15) is 0 Å². The number of rotatable bonds is 13. The van der Waals surface area contributed by atoms with E-state index in [0.29, 0.717) is 5.92 Å². The van der Waals surface area contributed by atoms with Crippen LogP contribution in [-0.2, 0) is 4.79 Å². The molecule has 0 bridgehead atoms. The van der Waals surface area contributed by atoms with E-state index in [1.807, 2.05) is 13.0 Å². The highest BCUT2D eigenvalue weighted by Crippen LogP contribution is 2.37. The molecule has 0 aromatic rings. The van der Waals surface area contributed by atoms with Gasteiger partial charge in [0.25, 0.3) is 0 Å². The predicted octanol–water partition coefficient (Wildman–Crippen LogP) is 4.69. The fourth-order valence-electron chi connectivity index (χ4n) is 3.88. The van der Waals surface area contributed by atoms with Gasteiger partial charge in [-0.3, -0.25) is 4.79 Å². The maximum Gasteiger partial charge on any atom is 0.303 e. The Labute approximate surface area is 153 Å². The minimum absolute atomic E-state index is 0.237. The number of hydrogen-bond acceptors (Lipinski definition) is 3. The number of unbranched alkanes of at least 4 members (excludes halogenated alkanes) is 5. The summed E-state index contributed by atoms with van der Waals surface area (Å²) in [5, 5.41) is 29.4.